The van der Waals surface area contributed by atoms with Gasteiger partial charge in [-0.3, -0.25) is 0 Å². The summed E-state index contributed by atoms with van der Waals surface area (Å²) in [7, 11) is 2.21. The third-order valence-electron chi connectivity index (χ3n) is 8.32. The van der Waals surface area contributed by atoms with Crippen molar-refractivity contribution in [1.29, 1.82) is 0 Å². The first-order chi connectivity index (χ1) is 19.1. The molecule has 1 unspecified atom stereocenters. The standard InChI is InChI=1S/C28H37F3N4S.2C2H6/c1-19-5-4-10-35(18-19)25-14-26(32-17-23(25)28(29,30)31)33-24-7-6-21(13-20(24)2)36-22-15-27(16-22)8-11-34(3)12-9-27;2*1-2/h6-7,13-14,17,19,22H,4-5,8-12,15-16,18H2,1-3H3,(H,32,33);2*1-2H3. The number of nitrogens with one attached hydrogen (secondary N) is 1. The van der Waals surface area contributed by atoms with Gasteiger partial charge in [-0.05, 0) is 101 Å². The zero-order valence-electron chi connectivity index (χ0n) is 25.5. The van der Waals surface area contributed by atoms with Gasteiger partial charge in [0, 0.05) is 41.2 Å². The molecule has 3 heterocycles. The number of piperidine rings is 2. The summed E-state index contributed by atoms with van der Waals surface area (Å²) < 4.78 is 41.2. The van der Waals surface area contributed by atoms with Crippen molar-refractivity contribution in [3.05, 3.63) is 41.6 Å². The first-order valence-electron chi connectivity index (χ1n) is 15.2. The number of aryl methyl sites for hydroxylation is 1. The van der Waals surface area contributed by atoms with Crippen molar-refractivity contribution >= 4 is 29.0 Å². The molecule has 1 aliphatic carbocycles. The van der Waals surface area contributed by atoms with Crippen LogP contribution in [0.1, 0.15) is 84.3 Å². The highest BCUT2D eigenvalue weighted by Crippen LogP contribution is 2.54. The van der Waals surface area contributed by atoms with E-state index in [4.69, 9.17) is 0 Å². The van der Waals surface area contributed by atoms with Crippen LogP contribution < -0.4 is 10.2 Å². The van der Waals surface area contributed by atoms with Gasteiger partial charge < -0.3 is 15.1 Å². The average molecular weight is 579 g/mol. The molecule has 2 aliphatic heterocycles. The number of alkyl halides is 3. The number of thioether (sulfide) groups is 1. The Hall–Kier alpha value is -1.93. The van der Waals surface area contributed by atoms with Crippen LogP contribution in [-0.2, 0) is 6.18 Å². The number of nitrogens with zero attached hydrogens (tertiary/aromatic N) is 3. The molecule has 4 nitrogen and oxygen atoms in total. The van der Waals surface area contributed by atoms with Crippen molar-refractivity contribution in [3.8, 4) is 0 Å². The molecule has 1 saturated carbocycles. The first-order valence-corrected chi connectivity index (χ1v) is 16.0. The first kappa shape index (κ1) is 32.6. The molecule has 3 aliphatic rings. The van der Waals surface area contributed by atoms with Crippen LogP contribution in [0.25, 0.3) is 0 Å². The molecule has 2 aromatic rings. The molecule has 0 amide bonds. The third-order valence-corrected chi connectivity index (χ3v) is 9.51. The molecule has 40 heavy (non-hydrogen) atoms. The second-order valence-corrected chi connectivity index (χ2v) is 12.7. The number of halogens is 3. The minimum atomic E-state index is -4.43. The summed E-state index contributed by atoms with van der Waals surface area (Å²) in [6, 6.07) is 7.91. The summed E-state index contributed by atoms with van der Waals surface area (Å²) in [5, 5.41) is 3.96. The van der Waals surface area contributed by atoms with Gasteiger partial charge in [0.15, 0.2) is 0 Å². The minimum Gasteiger partial charge on any atom is -0.371 e. The number of pyridine rings is 1. The highest BCUT2D eigenvalue weighted by molar-refractivity contribution is 8.00. The number of aromatic nitrogens is 1. The van der Waals surface area contributed by atoms with Gasteiger partial charge >= 0.3 is 6.18 Å². The Bertz CT molecular complexity index is 1070. The van der Waals surface area contributed by atoms with Gasteiger partial charge in [0.05, 0.1) is 11.3 Å². The Morgan fingerprint density at radius 2 is 1.70 bits per heavy atom. The Balaban J connectivity index is 0.00000106. The zero-order valence-corrected chi connectivity index (χ0v) is 26.3. The van der Waals surface area contributed by atoms with E-state index in [2.05, 4.69) is 41.3 Å². The molecular weight excluding hydrogens is 529 g/mol. The lowest BCUT2D eigenvalue weighted by atomic mass is 9.63. The van der Waals surface area contributed by atoms with Crippen molar-refractivity contribution in [2.24, 2.45) is 11.3 Å². The number of hydrogen-bond acceptors (Lipinski definition) is 5. The molecule has 224 valence electrons. The Morgan fingerprint density at radius 3 is 2.30 bits per heavy atom. The average Bonchev–Trinajstić information content (AvgIpc) is 2.92. The smallest absolute Gasteiger partial charge is 0.371 e. The summed E-state index contributed by atoms with van der Waals surface area (Å²) in [6.07, 6.45) is 3.76. The van der Waals surface area contributed by atoms with Crippen LogP contribution in [0.4, 0.5) is 30.4 Å². The normalized spacial score (nSPS) is 21.1. The summed E-state index contributed by atoms with van der Waals surface area (Å²) >= 11 is 1.97. The summed E-state index contributed by atoms with van der Waals surface area (Å²) in [5.41, 5.74) is 2.09. The van der Waals surface area contributed by atoms with Crippen LogP contribution >= 0.6 is 11.8 Å². The topological polar surface area (TPSA) is 31.4 Å². The number of anilines is 3. The number of rotatable bonds is 5. The molecule has 1 aromatic carbocycles. The van der Waals surface area contributed by atoms with Crippen LogP contribution in [0.2, 0.25) is 0 Å². The molecule has 3 fully saturated rings. The van der Waals surface area contributed by atoms with Gasteiger partial charge in [-0.15, -0.1) is 11.8 Å². The van der Waals surface area contributed by atoms with E-state index in [9.17, 15) is 13.2 Å². The highest BCUT2D eigenvalue weighted by atomic mass is 32.2. The number of benzene rings is 1. The van der Waals surface area contributed by atoms with E-state index >= 15 is 0 Å². The van der Waals surface area contributed by atoms with Gasteiger partial charge in [0.2, 0.25) is 0 Å². The molecule has 5 rings (SSSR count). The fraction of sp³-hybridized carbons (Fsp3) is 0.656. The van der Waals surface area contributed by atoms with Gasteiger partial charge in [-0.25, -0.2) is 4.98 Å². The third kappa shape index (κ3) is 8.09. The van der Waals surface area contributed by atoms with E-state index in [0.29, 0.717) is 35.5 Å². The van der Waals surface area contributed by atoms with Gasteiger partial charge in [-0.2, -0.15) is 13.2 Å². The molecule has 1 N–H and O–H groups in total. The van der Waals surface area contributed by atoms with Crippen LogP contribution in [0.15, 0.2) is 35.4 Å². The lowest BCUT2D eigenvalue weighted by molar-refractivity contribution is -0.137. The quantitative estimate of drug-likeness (QED) is 0.382. The predicted octanol–water partition coefficient (Wildman–Crippen LogP) is 9.41. The van der Waals surface area contributed by atoms with Gasteiger partial charge in [-0.1, -0.05) is 34.6 Å². The summed E-state index contributed by atoms with van der Waals surface area (Å²) in [5.74, 6) is 0.824. The van der Waals surface area contributed by atoms with Gasteiger partial charge in [0.1, 0.15) is 5.82 Å². The fourth-order valence-electron chi connectivity index (χ4n) is 6.07. The summed E-state index contributed by atoms with van der Waals surface area (Å²) in [6.45, 7) is 15.8. The van der Waals surface area contributed by atoms with E-state index in [1.165, 1.54) is 43.7 Å². The van der Waals surface area contributed by atoms with Crippen LogP contribution in [-0.4, -0.2) is 48.4 Å². The van der Waals surface area contributed by atoms with Crippen LogP contribution in [0.3, 0.4) is 0 Å². The Morgan fingerprint density at radius 1 is 1.02 bits per heavy atom. The SMILES string of the molecule is CC.CC.Cc1cc(SC2CC3(CCN(C)CC3)C2)ccc1Nc1cc(N2CCCC(C)C2)c(C(F)(F)F)cn1. The van der Waals surface area contributed by atoms with Crippen molar-refractivity contribution in [1.82, 2.24) is 9.88 Å². The van der Waals surface area contributed by atoms with E-state index in [0.717, 1.165) is 30.3 Å². The molecule has 0 bridgehead atoms. The zero-order chi connectivity index (χ0) is 29.5. The van der Waals surface area contributed by atoms with E-state index in [-0.39, 0.29) is 5.69 Å². The Kier molecular flexibility index (Phi) is 11.7. The molecule has 2 saturated heterocycles. The number of likely N-dealkylation sites (tertiary alicyclic amines) is 1. The minimum absolute atomic E-state index is 0.226. The monoisotopic (exact) mass is 578 g/mol. The maximum atomic E-state index is 13.7. The van der Waals surface area contributed by atoms with Crippen molar-refractivity contribution < 1.29 is 13.2 Å². The molecule has 8 heteroatoms. The predicted molar refractivity (Wildman–Crippen MR) is 165 cm³/mol. The maximum absolute atomic E-state index is 13.7. The Labute approximate surface area is 244 Å². The lowest BCUT2D eigenvalue weighted by Gasteiger charge is -2.51. The number of hydrogen-bond donors (Lipinski definition) is 1. The second-order valence-electron chi connectivity index (χ2n) is 11.3. The summed E-state index contributed by atoms with van der Waals surface area (Å²) in [4.78, 5) is 9.70. The van der Waals surface area contributed by atoms with Crippen LogP contribution in [0.5, 0.6) is 0 Å². The van der Waals surface area contributed by atoms with E-state index in [1.54, 1.807) is 6.07 Å². The van der Waals surface area contributed by atoms with Gasteiger partial charge in [0.25, 0.3) is 0 Å². The van der Waals surface area contributed by atoms with E-state index < -0.39 is 11.7 Å². The molecule has 1 aromatic heterocycles. The van der Waals surface area contributed by atoms with E-state index in [1.807, 2.05) is 57.3 Å². The van der Waals surface area contributed by atoms with Crippen molar-refractivity contribution in [3.63, 3.8) is 0 Å². The molecule has 1 spiro atoms. The lowest BCUT2D eigenvalue weighted by Crippen LogP contribution is -2.47. The molecule has 1 atom stereocenters. The molecular formula is C32H49F3N4S. The van der Waals surface area contributed by atoms with Crippen LogP contribution in [0, 0.1) is 18.3 Å². The maximum Gasteiger partial charge on any atom is 0.419 e. The van der Waals surface area contributed by atoms with Crippen molar-refractivity contribution in [2.75, 3.05) is 43.4 Å². The fourth-order valence-corrected chi connectivity index (χ4v) is 7.72. The van der Waals surface area contributed by atoms with Crippen molar-refractivity contribution in [2.45, 2.75) is 96.4 Å². The molecule has 0 radical (unpaired) electrons. The largest absolute Gasteiger partial charge is 0.419 e. The second kappa shape index (κ2) is 14.3. The highest BCUT2D eigenvalue weighted by Gasteiger charge is 2.45.